The van der Waals surface area contributed by atoms with Crippen LogP contribution in [0, 0.1) is 10.8 Å². The van der Waals surface area contributed by atoms with Gasteiger partial charge in [0.15, 0.2) is 0 Å². The van der Waals surface area contributed by atoms with E-state index in [9.17, 15) is 4.79 Å². The van der Waals surface area contributed by atoms with Crippen molar-refractivity contribution in [2.45, 2.75) is 92.8 Å². The Bertz CT molecular complexity index is 352. The summed E-state index contributed by atoms with van der Waals surface area (Å²) in [5.41, 5.74) is -1.46. The summed E-state index contributed by atoms with van der Waals surface area (Å²) < 4.78 is 0. The first-order valence-corrected chi connectivity index (χ1v) is 7.73. The lowest BCUT2D eigenvalue weighted by Gasteiger charge is -2.42. The Hall–Kier alpha value is -0.610. The smallest absolute Gasteiger partial charge is 0.306 e. The third kappa shape index (κ3) is 6.79. The zero-order valence-electron chi connectivity index (χ0n) is 15.3. The normalized spacial score (nSPS) is 16.6. The summed E-state index contributed by atoms with van der Waals surface area (Å²) >= 11 is 0. The van der Waals surface area contributed by atoms with Crippen molar-refractivity contribution in [2.24, 2.45) is 10.8 Å². The summed E-state index contributed by atoms with van der Waals surface area (Å²) in [4.78, 5) is 22.6. The fraction of sp³-hybridized carbons (Fsp3) is 0.941. The van der Waals surface area contributed by atoms with Crippen LogP contribution in [-0.4, -0.2) is 22.3 Å². The first kappa shape index (κ1) is 20.4. The topological polar surface area (TPSA) is 55.8 Å². The predicted octanol–water partition coefficient (Wildman–Crippen LogP) is 4.82. The predicted molar refractivity (Wildman–Crippen MR) is 85.1 cm³/mol. The van der Waals surface area contributed by atoms with Crippen LogP contribution < -0.4 is 0 Å². The summed E-state index contributed by atoms with van der Waals surface area (Å²) in [5, 5.41) is 9.15. The average molecular weight is 302 g/mol. The van der Waals surface area contributed by atoms with Gasteiger partial charge < -0.3 is 5.11 Å². The van der Waals surface area contributed by atoms with E-state index in [0.717, 1.165) is 6.42 Å². The Morgan fingerprint density at radius 2 is 1.43 bits per heavy atom. The van der Waals surface area contributed by atoms with Gasteiger partial charge in [0.1, 0.15) is 11.2 Å². The zero-order valence-corrected chi connectivity index (χ0v) is 15.3. The van der Waals surface area contributed by atoms with E-state index >= 15 is 0 Å². The van der Waals surface area contributed by atoms with E-state index < -0.39 is 17.2 Å². The molecular formula is C17H34O4. The van der Waals surface area contributed by atoms with E-state index in [-0.39, 0.29) is 17.3 Å². The molecule has 0 spiro atoms. The van der Waals surface area contributed by atoms with Gasteiger partial charge in [0, 0.05) is 0 Å². The van der Waals surface area contributed by atoms with E-state index in [0.29, 0.717) is 6.42 Å². The molecule has 4 heteroatoms. The minimum absolute atomic E-state index is 0.0437. The van der Waals surface area contributed by atoms with Crippen LogP contribution in [0.4, 0.5) is 0 Å². The molecule has 0 amide bonds. The van der Waals surface area contributed by atoms with Crippen LogP contribution in [0.15, 0.2) is 0 Å². The van der Waals surface area contributed by atoms with Crippen LogP contribution in [0.1, 0.15) is 81.6 Å². The van der Waals surface area contributed by atoms with Gasteiger partial charge in [0.05, 0.1) is 6.42 Å². The highest BCUT2D eigenvalue weighted by Crippen LogP contribution is 2.40. The molecule has 1 N–H and O–H groups in total. The first-order chi connectivity index (χ1) is 9.14. The summed E-state index contributed by atoms with van der Waals surface area (Å²) in [5.74, 6) is -0.877. The maximum absolute atomic E-state index is 11.1. The molecule has 0 bridgehead atoms. The number of rotatable bonds is 8. The Balaban J connectivity index is 5.04. The molecule has 0 saturated heterocycles. The molecule has 1 unspecified atom stereocenters. The van der Waals surface area contributed by atoms with Crippen molar-refractivity contribution in [2.75, 3.05) is 0 Å². The van der Waals surface area contributed by atoms with Gasteiger partial charge in [0.25, 0.3) is 0 Å². The summed E-state index contributed by atoms with van der Waals surface area (Å²) in [6, 6.07) is 0. The molecule has 0 aromatic rings. The number of carbonyl (C=O) groups is 1. The number of hydrogen-bond donors (Lipinski definition) is 1. The number of carboxylic acid groups (broad SMARTS) is 1. The molecular weight excluding hydrogens is 268 g/mol. The molecule has 0 aliphatic carbocycles. The van der Waals surface area contributed by atoms with Gasteiger partial charge in [-0.05, 0) is 44.4 Å². The quantitative estimate of drug-likeness (QED) is 0.516. The number of hydrogen-bond acceptors (Lipinski definition) is 3. The molecule has 0 fully saturated rings. The zero-order chi connectivity index (χ0) is 17.1. The maximum atomic E-state index is 11.1. The lowest BCUT2D eigenvalue weighted by atomic mass is 9.75. The van der Waals surface area contributed by atoms with E-state index in [2.05, 4.69) is 41.5 Å². The van der Waals surface area contributed by atoms with Gasteiger partial charge >= 0.3 is 5.97 Å². The molecule has 0 aromatic carbocycles. The SMILES string of the molecule is CCC(C)(C)C(C)(C)OOC(C)(CC(=O)O)CC(C)(C)C. The third-order valence-electron chi connectivity index (χ3n) is 4.39. The Kier molecular flexibility index (Phi) is 6.46. The van der Waals surface area contributed by atoms with Crippen LogP contribution >= 0.6 is 0 Å². The molecule has 0 saturated carbocycles. The third-order valence-corrected chi connectivity index (χ3v) is 4.39. The average Bonchev–Trinajstić information content (AvgIpc) is 2.22. The van der Waals surface area contributed by atoms with Crippen molar-refractivity contribution in [3.63, 3.8) is 0 Å². The van der Waals surface area contributed by atoms with Crippen LogP contribution in [0.2, 0.25) is 0 Å². The van der Waals surface area contributed by atoms with Crippen molar-refractivity contribution in [1.29, 1.82) is 0 Å². The minimum atomic E-state index is -0.877. The largest absolute Gasteiger partial charge is 0.481 e. The molecule has 0 aromatic heterocycles. The van der Waals surface area contributed by atoms with Crippen LogP contribution in [0.5, 0.6) is 0 Å². The summed E-state index contributed by atoms with van der Waals surface area (Å²) in [6.07, 6.45) is 1.47. The van der Waals surface area contributed by atoms with Crippen molar-refractivity contribution < 1.29 is 19.7 Å². The standard InChI is InChI=1S/C17H34O4/c1-10-15(5,6)16(7,8)20-21-17(9,11-13(18)19)12-14(2,3)4/h10-12H2,1-9H3,(H,18,19). The van der Waals surface area contributed by atoms with Gasteiger partial charge in [-0.2, -0.15) is 0 Å². The highest BCUT2D eigenvalue weighted by molar-refractivity contribution is 5.68. The summed E-state index contributed by atoms with van der Waals surface area (Å²) in [7, 11) is 0. The summed E-state index contributed by atoms with van der Waals surface area (Å²) in [6.45, 7) is 18.3. The van der Waals surface area contributed by atoms with Gasteiger partial charge in [-0.15, -0.1) is 0 Å². The van der Waals surface area contributed by atoms with E-state index in [1.807, 2.05) is 13.8 Å². The van der Waals surface area contributed by atoms with Crippen molar-refractivity contribution in [3.05, 3.63) is 0 Å². The molecule has 21 heavy (non-hydrogen) atoms. The highest BCUT2D eigenvalue weighted by atomic mass is 17.2. The second kappa shape index (κ2) is 6.66. The molecule has 0 radical (unpaired) electrons. The monoisotopic (exact) mass is 302 g/mol. The molecule has 0 heterocycles. The fourth-order valence-electron chi connectivity index (χ4n) is 2.31. The highest BCUT2D eigenvalue weighted by Gasteiger charge is 2.42. The van der Waals surface area contributed by atoms with Crippen LogP contribution in [0.3, 0.4) is 0 Å². The van der Waals surface area contributed by atoms with Crippen molar-refractivity contribution >= 4 is 5.97 Å². The second-order valence-electron chi connectivity index (χ2n) is 8.67. The van der Waals surface area contributed by atoms with Crippen LogP contribution in [0.25, 0.3) is 0 Å². The van der Waals surface area contributed by atoms with Gasteiger partial charge in [-0.3, -0.25) is 4.79 Å². The first-order valence-electron chi connectivity index (χ1n) is 7.73. The number of aliphatic carboxylic acids is 1. The lowest BCUT2D eigenvalue weighted by molar-refractivity contribution is -0.424. The van der Waals surface area contributed by atoms with Gasteiger partial charge in [0.2, 0.25) is 0 Å². The molecule has 1 atom stereocenters. The lowest BCUT2D eigenvalue weighted by Crippen LogP contribution is -2.45. The second-order valence-corrected chi connectivity index (χ2v) is 8.67. The van der Waals surface area contributed by atoms with Crippen LogP contribution in [-0.2, 0) is 14.6 Å². The molecule has 0 rings (SSSR count). The van der Waals surface area contributed by atoms with Crippen molar-refractivity contribution in [1.82, 2.24) is 0 Å². The molecule has 0 aliphatic rings. The van der Waals surface area contributed by atoms with Gasteiger partial charge in [-0.1, -0.05) is 41.5 Å². The van der Waals surface area contributed by atoms with E-state index in [1.54, 1.807) is 6.92 Å². The minimum Gasteiger partial charge on any atom is -0.481 e. The Morgan fingerprint density at radius 1 is 0.952 bits per heavy atom. The number of carboxylic acids is 1. The maximum Gasteiger partial charge on any atom is 0.306 e. The fourth-order valence-corrected chi connectivity index (χ4v) is 2.31. The van der Waals surface area contributed by atoms with E-state index in [1.165, 1.54) is 0 Å². The van der Waals surface area contributed by atoms with Crippen molar-refractivity contribution in [3.8, 4) is 0 Å². The molecule has 4 nitrogen and oxygen atoms in total. The molecule has 0 aliphatic heterocycles. The molecule has 126 valence electrons. The van der Waals surface area contributed by atoms with E-state index in [4.69, 9.17) is 14.9 Å². The van der Waals surface area contributed by atoms with Gasteiger partial charge in [-0.25, -0.2) is 9.78 Å². The Morgan fingerprint density at radius 3 is 1.76 bits per heavy atom. The Labute approximate surface area is 130 Å².